The van der Waals surface area contributed by atoms with E-state index >= 15 is 0 Å². The summed E-state index contributed by atoms with van der Waals surface area (Å²) in [7, 11) is 1.77. The Balaban J connectivity index is 2.84. The van der Waals surface area contributed by atoms with Crippen LogP contribution < -0.4 is 4.74 Å². The standard InChI is InChI=1S/C15H24O/c1-5-7-13-8-9-14(10-12(3)6-2)15(11-13)16-4/h8-9,11-12H,5-7,10H2,1-4H3. The third kappa shape index (κ3) is 3.55. The third-order valence-electron chi connectivity index (χ3n) is 3.16. The SMILES string of the molecule is CCCc1ccc(CC(C)CC)c(OC)c1. The molecule has 0 N–H and O–H groups in total. The van der Waals surface area contributed by atoms with Gasteiger partial charge in [-0.3, -0.25) is 0 Å². The molecule has 0 heterocycles. The van der Waals surface area contributed by atoms with Gasteiger partial charge in [0, 0.05) is 0 Å². The van der Waals surface area contributed by atoms with E-state index < -0.39 is 0 Å². The van der Waals surface area contributed by atoms with E-state index in [0.717, 1.165) is 24.5 Å². The highest BCUT2D eigenvalue weighted by Crippen LogP contribution is 2.24. The first kappa shape index (κ1) is 13.1. The van der Waals surface area contributed by atoms with Crippen LogP contribution in [0.1, 0.15) is 44.7 Å². The second kappa shape index (κ2) is 6.57. The molecule has 1 heteroatoms. The highest BCUT2D eigenvalue weighted by atomic mass is 16.5. The third-order valence-corrected chi connectivity index (χ3v) is 3.16. The van der Waals surface area contributed by atoms with E-state index in [0.29, 0.717) is 0 Å². The summed E-state index contributed by atoms with van der Waals surface area (Å²) in [6.45, 7) is 6.74. The van der Waals surface area contributed by atoms with Crippen molar-refractivity contribution < 1.29 is 4.74 Å². The van der Waals surface area contributed by atoms with E-state index in [1.54, 1.807) is 7.11 Å². The van der Waals surface area contributed by atoms with Crippen molar-refractivity contribution in [2.45, 2.75) is 46.5 Å². The first-order chi connectivity index (χ1) is 7.71. The lowest BCUT2D eigenvalue weighted by Gasteiger charge is -2.13. The van der Waals surface area contributed by atoms with Crippen LogP contribution in [0.5, 0.6) is 5.75 Å². The van der Waals surface area contributed by atoms with Crippen molar-refractivity contribution in [2.24, 2.45) is 5.92 Å². The largest absolute Gasteiger partial charge is 0.496 e. The van der Waals surface area contributed by atoms with Gasteiger partial charge in [-0.15, -0.1) is 0 Å². The Morgan fingerprint density at radius 1 is 1.25 bits per heavy atom. The minimum Gasteiger partial charge on any atom is -0.496 e. The van der Waals surface area contributed by atoms with Crippen LogP contribution in [0.3, 0.4) is 0 Å². The number of methoxy groups -OCH3 is 1. The molecule has 0 bridgehead atoms. The molecule has 0 aliphatic carbocycles. The van der Waals surface area contributed by atoms with Crippen LogP contribution in [0.25, 0.3) is 0 Å². The van der Waals surface area contributed by atoms with Crippen LogP contribution >= 0.6 is 0 Å². The average molecular weight is 220 g/mol. The van der Waals surface area contributed by atoms with Gasteiger partial charge in [0.1, 0.15) is 5.75 Å². The monoisotopic (exact) mass is 220 g/mol. The zero-order chi connectivity index (χ0) is 12.0. The molecule has 90 valence electrons. The fourth-order valence-electron chi connectivity index (χ4n) is 1.92. The summed E-state index contributed by atoms with van der Waals surface area (Å²) in [6, 6.07) is 6.67. The molecule has 0 saturated carbocycles. The molecule has 1 aromatic rings. The summed E-state index contributed by atoms with van der Waals surface area (Å²) in [4.78, 5) is 0. The Labute approximate surface area is 99.8 Å². The smallest absolute Gasteiger partial charge is 0.122 e. The number of benzene rings is 1. The highest BCUT2D eigenvalue weighted by Gasteiger charge is 2.07. The van der Waals surface area contributed by atoms with Gasteiger partial charge in [0.25, 0.3) is 0 Å². The summed E-state index contributed by atoms with van der Waals surface area (Å²) >= 11 is 0. The van der Waals surface area contributed by atoms with Crippen molar-refractivity contribution in [3.8, 4) is 5.75 Å². The van der Waals surface area contributed by atoms with Gasteiger partial charge in [-0.25, -0.2) is 0 Å². The molecule has 1 aromatic carbocycles. The van der Waals surface area contributed by atoms with Gasteiger partial charge < -0.3 is 4.74 Å². The average Bonchev–Trinajstić information content (AvgIpc) is 2.31. The van der Waals surface area contributed by atoms with E-state index in [9.17, 15) is 0 Å². The highest BCUT2D eigenvalue weighted by molar-refractivity contribution is 5.38. The summed E-state index contributed by atoms with van der Waals surface area (Å²) in [5.41, 5.74) is 2.73. The Morgan fingerprint density at radius 2 is 2.00 bits per heavy atom. The van der Waals surface area contributed by atoms with Gasteiger partial charge in [-0.1, -0.05) is 45.7 Å². The van der Waals surface area contributed by atoms with E-state index in [1.165, 1.54) is 24.0 Å². The van der Waals surface area contributed by atoms with E-state index in [4.69, 9.17) is 4.74 Å². The number of ether oxygens (including phenoxy) is 1. The van der Waals surface area contributed by atoms with Crippen molar-refractivity contribution in [1.82, 2.24) is 0 Å². The number of rotatable bonds is 6. The van der Waals surface area contributed by atoms with E-state index in [2.05, 4.69) is 39.0 Å². The van der Waals surface area contributed by atoms with Crippen molar-refractivity contribution in [1.29, 1.82) is 0 Å². The number of aryl methyl sites for hydroxylation is 1. The second-order valence-corrected chi connectivity index (χ2v) is 4.61. The molecular formula is C15H24O. The predicted octanol–water partition coefficient (Wildman–Crippen LogP) is 4.24. The zero-order valence-electron chi connectivity index (χ0n) is 11.0. The maximum Gasteiger partial charge on any atom is 0.122 e. The van der Waals surface area contributed by atoms with Crippen molar-refractivity contribution >= 4 is 0 Å². The summed E-state index contributed by atoms with van der Waals surface area (Å²) in [5.74, 6) is 1.79. The van der Waals surface area contributed by atoms with Gasteiger partial charge in [0.05, 0.1) is 7.11 Å². The molecule has 0 aromatic heterocycles. The van der Waals surface area contributed by atoms with E-state index in [1.807, 2.05) is 0 Å². The summed E-state index contributed by atoms with van der Waals surface area (Å²) in [6.07, 6.45) is 4.67. The number of hydrogen-bond donors (Lipinski definition) is 0. The van der Waals surface area contributed by atoms with Gasteiger partial charge in [0.2, 0.25) is 0 Å². The minimum atomic E-state index is 0.728. The van der Waals surface area contributed by atoms with Crippen LogP contribution in [0.15, 0.2) is 18.2 Å². The first-order valence-electron chi connectivity index (χ1n) is 6.37. The van der Waals surface area contributed by atoms with Gasteiger partial charge >= 0.3 is 0 Å². The lowest BCUT2D eigenvalue weighted by atomic mass is 9.96. The molecule has 0 spiro atoms. The molecule has 1 unspecified atom stereocenters. The van der Waals surface area contributed by atoms with Crippen LogP contribution in [0, 0.1) is 5.92 Å². The minimum absolute atomic E-state index is 0.728. The molecule has 0 radical (unpaired) electrons. The topological polar surface area (TPSA) is 9.23 Å². The molecule has 1 atom stereocenters. The maximum atomic E-state index is 5.48. The van der Waals surface area contributed by atoms with Crippen LogP contribution in [0.2, 0.25) is 0 Å². The second-order valence-electron chi connectivity index (χ2n) is 4.61. The predicted molar refractivity (Wildman–Crippen MR) is 70.1 cm³/mol. The molecule has 0 aliphatic heterocycles. The lowest BCUT2D eigenvalue weighted by molar-refractivity contribution is 0.404. The number of hydrogen-bond acceptors (Lipinski definition) is 1. The molecule has 16 heavy (non-hydrogen) atoms. The Hall–Kier alpha value is -0.980. The normalized spacial score (nSPS) is 12.5. The maximum absolute atomic E-state index is 5.48. The van der Waals surface area contributed by atoms with Gasteiger partial charge in [-0.2, -0.15) is 0 Å². The van der Waals surface area contributed by atoms with Crippen LogP contribution in [0.4, 0.5) is 0 Å². The lowest BCUT2D eigenvalue weighted by Crippen LogP contribution is -2.01. The Morgan fingerprint density at radius 3 is 2.56 bits per heavy atom. The molecule has 0 amide bonds. The summed E-state index contributed by atoms with van der Waals surface area (Å²) in [5, 5.41) is 0. The van der Waals surface area contributed by atoms with Crippen LogP contribution in [-0.4, -0.2) is 7.11 Å². The van der Waals surface area contributed by atoms with Gasteiger partial charge in [-0.05, 0) is 36.0 Å². The molecule has 1 nitrogen and oxygen atoms in total. The Bertz CT molecular complexity index is 317. The van der Waals surface area contributed by atoms with E-state index in [-0.39, 0.29) is 0 Å². The molecule has 0 saturated heterocycles. The fourth-order valence-corrected chi connectivity index (χ4v) is 1.92. The quantitative estimate of drug-likeness (QED) is 0.697. The summed E-state index contributed by atoms with van der Waals surface area (Å²) < 4.78 is 5.48. The van der Waals surface area contributed by atoms with Crippen molar-refractivity contribution in [3.05, 3.63) is 29.3 Å². The first-order valence-corrected chi connectivity index (χ1v) is 6.37. The van der Waals surface area contributed by atoms with Gasteiger partial charge in [0.15, 0.2) is 0 Å². The molecule has 1 rings (SSSR count). The fraction of sp³-hybridized carbons (Fsp3) is 0.600. The molecular weight excluding hydrogens is 196 g/mol. The van der Waals surface area contributed by atoms with Crippen LogP contribution in [-0.2, 0) is 12.8 Å². The van der Waals surface area contributed by atoms with Crippen molar-refractivity contribution in [2.75, 3.05) is 7.11 Å². The molecule has 0 aliphatic rings. The molecule has 0 fully saturated rings. The Kier molecular flexibility index (Phi) is 5.37. The zero-order valence-corrected chi connectivity index (χ0v) is 11.0. The van der Waals surface area contributed by atoms with Crippen molar-refractivity contribution in [3.63, 3.8) is 0 Å².